The molecule has 0 unspecified atom stereocenters. The lowest BCUT2D eigenvalue weighted by molar-refractivity contribution is -0.869. The van der Waals surface area contributed by atoms with E-state index in [-0.39, 0.29) is 27.7 Å². The summed E-state index contributed by atoms with van der Waals surface area (Å²) >= 11 is 20.3. The predicted molar refractivity (Wildman–Crippen MR) is 175 cm³/mol. The molecule has 12 heteroatoms. The molecule has 1 heterocycles. The summed E-state index contributed by atoms with van der Waals surface area (Å²) in [6.45, 7) is 5.18. The molecule has 1 N–H and O–H groups in total. The first-order valence-corrected chi connectivity index (χ1v) is 15.8. The minimum absolute atomic E-state index is 0.0647. The summed E-state index contributed by atoms with van der Waals surface area (Å²) in [6.07, 6.45) is 1.72. The molecule has 1 amide bonds. The number of carbonyl (C=O) groups excluding carboxylic acids is 1. The van der Waals surface area contributed by atoms with E-state index in [2.05, 4.69) is 10.3 Å². The lowest BCUT2D eigenvalue weighted by Crippen LogP contribution is -2.41. The Hall–Kier alpha value is -2.82. The monoisotopic (exact) mass is 681 g/mol. The minimum atomic E-state index is -0.633. The van der Waals surface area contributed by atoms with E-state index in [0.717, 1.165) is 11.3 Å². The Bertz CT molecular complexity index is 1670. The molecule has 0 aliphatic heterocycles. The Morgan fingerprint density at radius 2 is 1.73 bits per heavy atom. The van der Waals surface area contributed by atoms with Gasteiger partial charge in [0, 0.05) is 33.4 Å². The molecule has 4 rings (SSSR count). The number of nitrogens with one attached hydrogen (secondary N) is 1. The third kappa shape index (κ3) is 7.69. The summed E-state index contributed by atoms with van der Waals surface area (Å²) in [5.74, 6) is -1.31. The van der Waals surface area contributed by atoms with Gasteiger partial charge in [-0.1, -0.05) is 66.5 Å². The largest absolute Gasteiger partial charge is 0.494 e. The summed E-state index contributed by atoms with van der Waals surface area (Å²) in [6, 6.07) is 12.6. The van der Waals surface area contributed by atoms with Gasteiger partial charge in [0.2, 0.25) is 0 Å². The number of halogens is 5. The fourth-order valence-electron chi connectivity index (χ4n) is 4.56. The first-order chi connectivity index (χ1) is 20.6. The van der Waals surface area contributed by atoms with Gasteiger partial charge in [-0.2, -0.15) is 0 Å². The van der Waals surface area contributed by atoms with Gasteiger partial charge < -0.3 is 14.5 Å². The van der Waals surface area contributed by atoms with E-state index >= 15 is 4.39 Å². The van der Waals surface area contributed by atoms with Crippen molar-refractivity contribution in [1.29, 1.82) is 0 Å². The summed E-state index contributed by atoms with van der Waals surface area (Å²) in [7, 11) is 7.45. The molecule has 44 heavy (non-hydrogen) atoms. The van der Waals surface area contributed by atoms with Gasteiger partial charge in [0.1, 0.15) is 5.82 Å². The quantitative estimate of drug-likeness (QED) is 0.128. The highest BCUT2D eigenvalue weighted by Gasteiger charge is 2.30. The number of imidazole rings is 1. The molecule has 234 valence electrons. The van der Waals surface area contributed by atoms with Crippen molar-refractivity contribution in [2.75, 3.05) is 41.3 Å². The van der Waals surface area contributed by atoms with Crippen LogP contribution in [0.25, 0.3) is 5.69 Å². The second-order valence-corrected chi connectivity index (χ2v) is 14.0. The highest BCUT2D eigenvalue weighted by Crippen LogP contribution is 2.40. The van der Waals surface area contributed by atoms with E-state index in [1.165, 1.54) is 37.1 Å². The number of nitrogens with zero attached hydrogens (tertiary/aromatic N) is 3. The first-order valence-electron chi connectivity index (χ1n) is 13.7. The van der Waals surface area contributed by atoms with Crippen LogP contribution in [0.2, 0.25) is 15.1 Å². The number of hydrogen-bond acceptors (Lipinski definition) is 4. The van der Waals surface area contributed by atoms with Crippen LogP contribution in [0.4, 0.5) is 8.78 Å². The maximum atomic E-state index is 15.3. The van der Waals surface area contributed by atoms with Gasteiger partial charge >= 0.3 is 0 Å². The van der Waals surface area contributed by atoms with Crippen molar-refractivity contribution in [1.82, 2.24) is 14.9 Å². The average Bonchev–Trinajstić information content (AvgIpc) is 3.38. The zero-order chi connectivity index (χ0) is 32.4. The van der Waals surface area contributed by atoms with Crippen molar-refractivity contribution in [3.05, 3.63) is 104 Å². The fraction of sp³-hybridized carbons (Fsp3) is 0.312. The van der Waals surface area contributed by atoms with Crippen LogP contribution >= 0.6 is 46.6 Å². The molecule has 4 aromatic rings. The fourth-order valence-corrected chi connectivity index (χ4v) is 6.24. The Morgan fingerprint density at radius 1 is 1.00 bits per heavy atom. The van der Waals surface area contributed by atoms with Crippen molar-refractivity contribution in [2.24, 2.45) is 0 Å². The van der Waals surface area contributed by atoms with Crippen LogP contribution in [-0.4, -0.2) is 61.3 Å². The second kappa shape index (κ2) is 13.7. The molecule has 0 saturated heterocycles. The molecule has 0 bridgehead atoms. The van der Waals surface area contributed by atoms with Crippen LogP contribution in [-0.2, 0) is 11.2 Å². The van der Waals surface area contributed by atoms with E-state index in [1.54, 1.807) is 30.5 Å². The highest BCUT2D eigenvalue weighted by molar-refractivity contribution is 7.98. The molecule has 1 aromatic heterocycles. The van der Waals surface area contributed by atoms with Crippen LogP contribution < -0.4 is 10.1 Å². The standard InChI is InChI=1S/C32H33Cl3F2N4O2S/c1-32(2,20-7-9-23(33)25(35)15-20)29-17-39-31(40(29)21-8-10-26(36)28(16-21)43-6)44-18-22-24(34)13-19(14-27(22)37)30(42)38-11-12-41(3,4)5/h7-10,13-17H,11-12,18H2,1-6H3/p+1. The molecule has 0 aliphatic carbocycles. The zero-order valence-electron chi connectivity index (χ0n) is 25.3. The number of benzene rings is 3. The van der Waals surface area contributed by atoms with Crippen molar-refractivity contribution < 1.29 is 22.8 Å². The second-order valence-electron chi connectivity index (χ2n) is 11.8. The van der Waals surface area contributed by atoms with Gasteiger partial charge in [0.25, 0.3) is 5.91 Å². The van der Waals surface area contributed by atoms with Gasteiger partial charge in [-0.3, -0.25) is 9.36 Å². The molecular weight excluding hydrogens is 649 g/mol. The Kier molecular flexibility index (Phi) is 10.6. The number of ether oxygens (including phenoxy) is 1. The number of carbonyl (C=O) groups is 1. The van der Waals surface area contributed by atoms with Crippen LogP contribution in [0.3, 0.4) is 0 Å². The third-order valence-electron chi connectivity index (χ3n) is 7.22. The molecule has 0 atom stereocenters. The lowest BCUT2D eigenvalue weighted by Gasteiger charge is -2.28. The van der Waals surface area contributed by atoms with Crippen LogP contribution in [0.1, 0.15) is 41.0 Å². The SMILES string of the molecule is COc1cc(-n2c(C(C)(C)c3ccc(Cl)c(Cl)c3)cnc2SCc2c(F)cc(C(=O)NCC[N+](C)(C)C)cc2Cl)ccc1F. The third-order valence-corrected chi connectivity index (χ3v) is 9.28. The lowest BCUT2D eigenvalue weighted by atomic mass is 9.81. The Balaban J connectivity index is 1.68. The van der Waals surface area contributed by atoms with Crippen LogP contribution in [0, 0.1) is 11.6 Å². The molecule has 0 fully saturated rings. The van der Waals surface area contributed by atoms with E-state index in [0.29, 0.717) is 38.5 Å². The van der Waals surface area contributed by atoms with Gasteiger partial charge in [-0.05, 0) is 42.0 Å². The highest BCUT2D eigenvalue weighted by atomic mass is 35.5. The van der Waals surface area contributed by atoms with Crippen molar-refractivity contribution in [3.63, 3.8) is 0 Å². The van der Waals surface area contributed by atoms with Gasteiger partial charge in [0.05, 0.1) is 69.0 Å². The van der Waals surface area contributed by atoms with Gasteiger partial charge in [-0.25, -0.2) is 13.8 Å². The van der Waals surface area contributed by atoms with Gasteiger partial charge in [0.15, 0.2) is 16.7 Å². The molecule has 0 spiro atoms. The molecule has 3 aromatic carbocycles. The summed E-state index contributed by atoms with van der Waals surface area (Å²) in [5.41, 5.74) is 1.98. The van der Waals surface area contributed by atoms with Crippen LogP contribution in [0.5, 0.6) is 5.75 Å². The number of amides is 1. The number of thioether (sulfide) groups is 1. The minimum Gasteiger partial charge on any atom is -0.494 e. The molecule has 6 nitrogen and oxygen atoms in total. The Labute approximate surface area is 275 Å². The number of aromatic nitrogens is 2. The summed E-state index contributed by atoms with van der Waals surface area (Å²) in [4.78, 5) is 17.3. The van der Waals surface area contributed by atoms with E-state index < -0.39 is 23.0 Å². The number of hydrogen-bond donors (Lipinski definition) is 1. The molecule has 0 radical (unpaired) electrons. The first kappa shape index (κ1) is 34.1. The molecule has 0 saturated carbocycles. The topological polar surface area (TPSA) is 56.2 Å². The number of quaternary nitrogens is 1. The van der Waals surface area contributed by atoms with E-state index in [9.17, 15) is 9.18 Å². The van der Waals surface area contributed by atoms with Gasteiger partial charge in [-0.15, -0.1) is 0 Å². The number of likely N-dealkylation sites (N-methyl/N-ethyl adjacent to an activating group) is 1. The predicted octanol–water partition coefficient (Wildman–Crippen LogP) is 8.17. The average molecular weight is 683 g/mol. The van der Waals surface area contributed by atoms with E-state index in [1.807, 2.05) is 45.6 Å². The van der Waals surface area contributed by atoms with Crippen molar-refractivity contribution in [2.45, 2.75) is 30.2 Å². The maximum absolute atomic E-state index is 15.3. The van der Waals surface area contributed by atoms with Crippen molar-refractivity contribution in [3.8, 4) is 11.4 Å². The normalized spacial score (nSPS) is 12.0. The van der Waals surface area contributed by atoms with E-state index in [4.69, 9.17) is 39.5 Å². The molecule has 0 aliphatic rings. The Morgan fingerprint density at radius 3 is 2.36 bits per heavy atom. The van der Waals surface area contributed by atoms with Crippen LogP contribution in [0.15, 0.2) is 59.9 Å². The maximum Gasteiger partial charge on any atom is 0.251 e. The summed E-state index contributed by atoms with van der Waals surface area (Å²) < 4.78 is 37.5. The number of methoxy groups -OCH3 is 1. The smallest absolute Gasteiger partial charge is 0.251 e. The zero-order valence-corrected chi connectivity index (χ0v) is 28.4. The van der Waals surface area contributed by atoms with Crippen molar-refractivity contribution >= 4 is 52.5 Å². The summed E-state index contributed by atoms with van der Waals surface area (Å²) in [5, 5.41) is 4.31. The number of rotatable bonds is 11. The molecular formula is C32H34Cl3F2N4O2S+.